The summed E-state index contributed by atoms with van der Waals surface area (Å²) in [5.74, 6) is -0.464. The molecule has 0 saturated carbocycles. The number of nitrogens with zero attached hydrogens (tertiary/aromatic N) is 1. The molecule has 2 aromatic rings. The number of benzene rings is 1. The van der Waals surface area contributed by atoms with E-state index in [-0.39, 0.29) is 5.91 Å². The molecule has 0 saturated heterocycles. The van der Waals surface area contributed by atoms with E-state index in [2.05, 4.69) is 10.3 Å². The van der Waals surface area contributed by atoms with Gasteiger partial charge in [0.1, 0.15) is 0 Å². The Morgan fingerprint density at radius 3 is 2.80 bits per heavy atom. The number of pyridine rings is 1. The molecule has 5 heteroatoms. The second-order valence-electron chi connectivity index (χ2n) is 6.46. The lowest BCUT2D eigenvalue weighted by Gasteiger charge is -2.15. The van der Waals surface area contributed by atoms with Gasteiger partial charge in [-0.1, -0.05) is 18.2 Å². The number of fused-ring (bicyclic) bond motifs is 1. The van der Waals surface area contributed by atoms with E-state index in [1.54, 1.807) is 18.3 Å². The van der Waals surface area contributed by atoms with Gasteiger partial charge in [0, 0.05) is 17.7 Å². The molecule has 1 aliphatic carbocycles. The summed E-state index contributed by atoms with van der Waals surface area (Å²) in [6, 6.07) is 9.31. The Balaban J connectivity index is 1.53. The maximum absolute atomic E-state index is 12.2. The summed E-state index contributed by atoms with van der Waals surface area (Å²) in [5, 5.41) is 2.92. The third-order valence-electron chi connectivity index (χ3n) is 4.59. The molecule has 1 aromatic carbocycles. The van der Waals surface area contributed by atoms with Crippen molar-refractivity contribution in [3.05, 3.63) is 58.9 Å². The van der Waals surface area contributed by atoms with E-state index in [4.69, 9.17) is 5.73 Å². The van der Waals surface area contributed by atoms with E-state index in [0.717, 1.165) is 29.8 Å². The van der Waals surface area contributed by atoms with Gasteiger partial charge in [-0.25, -0.2) is 0 Å². The Morgan fingerprint density at radius 1 is 1.16 bits per heavy atom. The maximum atomic E-state index is 12.2. The summed E-state index contributed by atoms with van der Waals surface area (Å²) in [4.78, 5) is 28.0. The highest BCUT2D eigenvalue weighted by Gasteiger charge is 2.12. The number of amides is 2. The molecule has 3 rings (SSSR count). The topological polar surface area (TPSA) is 85.1 Å². The third-order valence-corrected chi connectivity index (χ3v) is 4.59. The number of hydrogen-bond acceptors (Lipinski definition) is 3. The molecule has 2 amide bonds. The lowest BCUT2D eigenvalue weighted by atomic mass is 9.96. The summed E-state index contributed by atoms with van der Waals surface area (Å²) in [6.07, 6.45) is 7.89. The number of nitrogens with one attached hydrogen (secondary N) is 1. The molecule has 0 bridgehead atoms. The number of carbonyl (C=O) groups is 2. The first-order valence-electron chi connectivity index (χ1n) is 8.79. The highest BCUT2D eigenvalue weighted by Crippen LogP contribution is 2.22. The average molecular weight is 337 g/mol. The SMILES string of the molecule is NC(=O)c1ccccc1CCCC(=O)Nc1cnc2c(c1)CCCC2. The van der Waals surface area contributed by atoms with Crippen LogP contribution in [0.2, 0.25) is 0 Å². The van der Waals surface area contributed by atoms with Crippen LogP contribution < -0.4 is 11.1 Å². The van der Waals surface area contributed by atoms with Gasteiger partial charge < -0.3 is 11.1 Å². The number of anilines is 1. The fourth-order valence-electron chi connectivity index (χ4n) is 3.30. The lowest BCUT2D eigenvalue weighted by Crippen LogP contribution is -2.15. The Kier molecular flexibility index (Phi) is 5.43. The first-order chi connectivity index (χ1) is 12.1. The lowest BCUT2D eigenvalue weighted by molar-refractivity contribution is -0.116. The molecule has 0 fully saturated rings. The first-order valence-corrected chi connectivity index (χ1v) is 8.79. The summed E-state index contributed by atoms with van der Waals surface area (Å²) in [6.45, 7) is 0. The van der Waals surface area contributed by atoms with Crippen LogP contribution >= 0.6 is 0 Å². The molecule has 3 N–H and O–H groups in total. The number of aromatic nitrogens is 1. The second-order valence-corrected chi connectivity index (χ2v) is 6.46. The van der Waals surface area contributed by atoms with Crippen molar-refractivity contribution in [2.75, 3.05) is 5.32 Å². The minimum absolute atomic E-state index is 0.0332. The van der Waals surface area contributed by atoms with Gasteiger partial charge in [0.15, 0.2) is 0 Å². The van der Waals surface area contributed by atoms with Gasteiger partial charge in [-0.05, 0) is 61.8 Å². The van der Waals surface area contributed by atoms with Crippen LogP contribution in [0.25, 0.3) is 0 Å². The molecule has 130 valence electrons. The third kappa shape index (κ3) is 4.44. The molecule has 5 nitrogen and oxygen atoms in total. The molecule has 0 radical (unpaired) electrons. The van der Waals surface area contributed by atoms with Crippen LogP contribution in [0.5, 0.6) is 0 Å². The molecule has 0 spiro atoms. The number of primary amides is 1. The van der Waals surface area contributed by atoms with Crippen LogP contribution in [-0.4, -0.2) is 16.8 Å². The van der Waals surface area contributed by atoms with Gasteiger partial charge in [0.05, 0.1) is 11.9 Å². The van der Waals surface area contributed by atoms with Gasteiger partial charge in [0.25, 0.3) is 0 Å². The van der Waals surface area contributed by atoms with E-state index in [1.807, 2.05) is 18.2 Å². The smallest absolute Gasteiger partial charge is 0.248 e. The monoisotopic (exact) mass is 337 g/mol. The fraction of sp³-hybridized carbons (Fsp3) is 0.350. The molecule has 1 aromatic heterocycles. The van der Waals surface area contributed by atoms with Crippen molar-refractivity contribution in [2.24, 2.45) is 5.73 Å². The van der Waals surface area contributed by atoms with Gasteiger partial charge in [-0.15, -0.1) is 0 Å². The number of hydrogen-bond donors (Lipinski definition) is 2. The van der Waals surface area contributed by atoms with Gasteiger partial charge in [-0.3, -0.25) is 14.6 Å². The molecule has 1 aliphatic rings. The minimum atomic E-state index is -0.430. The van der Waals surface area contributed by atoms with Crippen molar-refractivity contribution < 1.29 is 9.59 Å². The molecule has 25 heavy (non-hydrogen) atoms. The Morgan fingerprint density at radius 2 is 1.96 bits per heavy atom. The van der Waals surface area contributed by atoms with Crippen LogP contribution in [0.4, 0.5) is 5.69 Å². The van der Waals surface area contributed by atoms with E-state index in [9.17, 15) is 9.59 Å². The average Bonchev–Trinajstić information content (AvgIpc) is 2.62. The van der Waals surface area contributed by atoms with Gasteiger partial charge in [0.2, 0.25) is 11.8 Å². The molecule has 1 heterocycles. The van der Waals surface area contributed by atoms with Crippen LogP contribution in [0.15, 0.2) is 36.5 Å². The standard InChI is InChI=1S/C20H23N3O2/c21-20(25)17-9-3-1-6-14(17)8-5-11-19(24)23-16-12-15-7-2-4-10-18(15)22-13-16/h1,3,6,9,12-13H,2,4-5,7-8,10-11H2,(H2,21,25)(H,23,24). The molecule has 0 unspecified atom stereocenters. The number of aryl methyl sites for hydroxylation is 3. The van der Waals surface area contributed by atoms with Gasteiger partial charge >= 0.3 is 0 Å². The highest BCUT2D eigenvalue weighted by molar-refractivity contribution is 5.94. The molecular weight excluding hydrogens is 314 g/mol. The predicted molar refractivity (Wildman–Crippen MR) is 97.4 cm³/mol. The highest BCUT2D eigenvalue weighted by atomic mass is 16.1. The number of carbonyl (C=O) groups excluding carboxylic acids is 2. The molecular formula is C20H23N3O2. The van der Waals surface area contributed by atoms with E-state index in [0.29, 0.717) is 24.8 Å². The van der Waals surface area contributed by atoms with E-state index in [1.165, 1.54) is 18.4 Å². The van der Waals surface area contributed by atoms with Crippen LogP contribution in [0, 0.1) is 0 Å². The normalized spacial score (nSPS) is 13.1. The fourth-order valence-corrected chi connectivity index (χ4v) is 3.30. The van der Waals surface area contributed by atoms with Crippen molar-refractivity contribution in [3.63, 3.8) is 0 Å². The van der Waals surface area contributed by atoms with Gasteiger partial charge in [-0.2, -0.15) is 0 Å². The minimum Gasteiger partial charge on any atom is -0.366 e. The van der Waals surface area contributed by atoms with Crippen LogP contribution in [0.3, 0.4) is 0 Å². The molecule has 0 aliphatic heterocycles. The number of nitrogens with two attached hydrogens (primary N) is 1. The zero-order valence-corrected chi connectivity index (χ0v) is 14.3. The van der Waals surface area contributed by atoms with Crippen LogP contribution in [-0.2, 0) is 24.1 Å². The van der Waals surface area contributed by atoms with E-state index < -0.39 is 5.91 Å². The molecule has 0 atom stereocenters. The quantitative estimate of drug-likeness (QED) is 0.849. The zero-order valence-electron chi connectivity index (χ0n) is 14.3. The number of rotatable bonds is 6. The Bertz CT molecular complexity index is 786. The van der Waals surface area contributed by atoms with Crippen LogP contribution in [0.1, 0.15) is 52.9 Å². The van der Waals surface area contributed by atoms with Crippen molar-refractivity contribution in [2.45, 2.75) is 44.9 Å². The van der Waals surface area contributed by atoms with Crippen molar-refractivity contribution in [3.8, 4) is 0 Å². The van der Waals surface area contributed by atoms with E-state index >= 15 is 0 Å². The van der Waals surface area contributed by atoms with Crippen molar-refractivity contribution in [1.29, 1.82) is 0 Å². The summed E-state index contributed by atoms with van der Waals surface area (Å²) in [7, 11) is 0. The first kappa shape index (κ1) is 17.1. The summed E-state index contributed by atoms with van der Waals surface area (Å²) >= 11 is 0. The Labute approximate surface area is 147 Å². The van der Waals surface area contributed by atoms with Crippen molar-refractivity contribution >= 4 is 17.5 Å². The largest absolute Gasteiger partial charge is 0.366 e. The van der Waals surface area contributed by atoms with Crippen molar-refractivity contribution in [1.82, 2.24) is 4.98 Å². The maximum Gasteiger partial charge on any atom is 0.248 e. The Hall–Kier alpha value is -2.69. The zero-order chi connectivity index (χ0) is 17.6. The summed E-state index contributed by atoms with van der Waals surface area (Å²) < 4.78 is 0. The summed E-state index contributed by atoms with van der Waals surface area (Å²) in [5.41, 5.74) is 9.97. The predicted octanol–water partition coefficient (Wildman–Crippen LogP) is 3.02. The second kappa shape index (κ2) is 7.92.